The maximum atomic E-state index is 14.1. The molecule has 0 aliphatic carbocycles. The molecule has 1 aromatic heterocycles. The number of allylic oxidation sites excluding steroid dienone is 1. The fourth-order valence-electron chi connectivity index (χ4n) is 5.21. The van der Waals surface area contributed by atoms with Gasteiger partial charge in [0.25, 0.3) is 5.56 Å². The quantitative estimate of drug-likeness (QED) is 0.0890. The van der Waals surface area contributed by atoms with Gasteiger partial charge in [-0.05, 0) is 96.7 Å². The van der Waals surface area contributed by atoms with Gasteiger partial charge < -0.3 is 18.9 Å². The fraction of sp³-hybridized carbons (Fsp3) is 0.265. The van der Waals surface area contributed by atoms with Gasteiger partial charge in [-0.25, -0.2) is 9.79 Å². The number of fused-ring (bicyclic) bond motifs is 1. The lowest BCUT2D eigenvalue weighted by Gasteiger charge is -2.25. The molecule has 0 bridgehead atoms. The minimum Gasteiger partial charge on any atom is -0.493 e. The van der Waals surface area contributed by atoms with E-state index in [0.29, 0.717) is 53.2 Å². The van der Waals surface area contributed by atoms with Crippen LogP contribution >= 0.6 is 50.5 Å². The van der Waals surface area contributed by atoms with Gasteiger partial charge in [-0.1, -0.05) is 46.7 Å². The summed E-state index contributed by atoms with van der Waals surface area (Å²) in [4.78, 5) is 44.0. The van der Waals surface area contributed by atoms with E-state index in [-0.39, 0.29) is 40.9 Å². The lowest BCUT2D eigenvalue weighted by atomic mass is 9.95. The summed E-state index contributed by atoms with van der Waals surface area (Å²) in [6, 6.07) is 12.2. The summed E-state index contributed by atoms with van der Waals surface area (Å²) in [5, 5.41) is 12.8. The topological polar surface area (TPSA) is 131 Å². The molecule has 4 aromatic rings. The number of carbonyl (C=O) groups is 1. The zero-order valence-electron chi connectivity index (χ0n) is 26.9. The summed E-state index contributed by atoms with van der Waals surface area (Å²) in [7, 11) is 1.51. The average molecular weight is 792 g/mol. The number of nitro benzene ring substituents is 1. The first kappa shape index (κ1) is 36.1. The minimum absolute atomic E-state index is 0.00299. The van der Waals surface area contributed by atoms with E-state index in [9.17, 15) is 19.7 Å². The number of rotatable bonds is 11. The van der Waals surface area contributed by atoms with E-state index in [1.54, 1.807) is 56.3 Å². The predicted octanol–water partition coefficient (Wildman–Crippen LogP) is 7.15. The standard InChI is InChI=1S/C34H30BrCl2N3O8S/c1-6-46-33(42)29-18(4)38-34-39(30(29)21-8-10-26(48-17(2)3)27(15-21)45-5)32(41)28(49-34)14-20-11-22(35)31(25(13-20)40(43)44)47-16-19-7-9-23(36)24(37)12-19/h7-15,17,30H,6,16H2,1-5H3/b28-14+/t30-/m0/s1. The van der Waals surface area contributed by atoms with Crippen molar-refractivity contribution in [3.63, 3.8) is 0 Å². The zero-order chi connectivity index (χ0) is 35.6. The van der Waals surface area contributed by atoms with Gasteiger partial charge in [0.05, 0.1) is 61.1 Å². The maximum Gasteiger partial charge on any atom is 0.338 e. The molecule has 3 aromatic carbocycles. The molecule has 1 aliphatic heterocycles. The van der Waals surface area contributed by atoms with E-state index < -0.39 is 22.5 Å². The highest BCUT2D eigenvalue weighted by molar-refractivity contribution is 9.10. The smallest absolute Gasteiger partial charge is 0.338 e. The molecule has 1 atom stereocenters. The molecular formula is C34H30BrCl2N3O8S. The second-order valence-electron chi connectivity index (χ2n) is 11.0. The Labute approximate surface area is 303 Å². The highest BCUT2D eigenvalue weighted by atomic mass is 79.9. The van der Waals surface area contributed by atoms with Crippen LogP contribution in [0.1, 0.15) is 50.4 Å². The summed E-state index contributed by atoms with van der Waals surface area (Å²) >= 11 is 16.6. The zero-order valence-corrected chi connectivity index (χ0v) is 30.8. The highest BCUT2D eigenvalue weighted by Gasteiger charge is 2.34. The van der Waals surface area contributed by atoms with E-state index in [4.69, 9.17) is 42.1 Å². The number of hydrogen-bond donors (Lipinski definition) is 0. The van der Waals surface area contributed by atoms with Crippen molar-refractivity contribution in [3.05, 3.63) is 121 Å². The summed E-state index contributed by atoms with van der Waals surface area (Å²) in [5.41, 5.74) is 1.40. The van der Waals surface area contributed by atoms with Gasteiger partial charge in [0.1, 0.15) is 6.61 Å². The molecular weight excluding hydrogens is 761 g/mol. The number of benzene rings is 3. The SMILES string of the molecule is CCOC(=O)C1=C(C)N=c2s/c(=C/c3cc(Br)c(OCc4ccc(Cl)c(Cl)c4)c([N+](=O)[O-])c3)c(=O)n2[C@H]1c1ccc(OC(C)C)c(OC)c1. The second-order valence-corrected chi connectivity index (χ2v) is 13.7. The van der Waals surface area contributed by atoms with E-state index in [1.165, 1.54) is 23.8 Å². The van der Waals surface area contributed by atoms with Crippen molar-refractivity contribution in [2.24, 2.45) is 4.99 Å². The molecule has 1 aliphatic rings. The lowest BCUT2D eigenvalue weighted by Crippen LogP contribution is -2.40. The Morgan fingerprint density at radius 3 is 2.55 bits per heavy atom. The molecule has 0 spiro atoms. The van der Waals surface area contributed by atoms with Crippen LogP contribution in [0.5, 0.6) is 17.2 Å². The number of aromatic nitrogens is 1. The monoisotopic (exact) mass is 789 g/mol. The molecule has 11 nitrogen and oxygen atoms in total. The van der Waals surface area contributed by atoms with Crippen LogP contribution in [-0.2, 0) is 16.1 Å². The first-order chi connectivity index (χ1) is 23.3. The van der Waals surface area contributed by atoms with Gasteiger partial charge in [0.2, 0.25) is 5.75 Å². The van der Waals surface area contributed by atoms with Crippen LogP contribution in [0.3, 0.4) is 0 Å². The van der Waals surface area contributed by atoms with Crippen LogP contribution in [0, 0.1) is 10.1 Å². The summed E-state index contributed by atoms with van der Waals surface area (Å²) < 4.78 is 24.7. The number of thiazole rings is 1. The minimum atomic E-state index is -0.905. The van der Waals surface area contributed by atoms with Gasteiger partial charge in [0, 0.05) is 6.07 Å². The third kappa shape index (κ3) is 7.70. The van der Waals surface area contributed by atoms with Crippen molar-refractivity contribution in [2.75, 3.05) is 13.7 Å². The summed E-state index contributed by atoms with van der Waals surface area (Å²) in [6.07, 6.45) is 1.42. The number of halogens is 3. The third-order valence-corrected chi connectivity index (χ3v) is 9.60. The number of esters is 1. The second kappa shape index (κ2) is 15.2. The van der Waals surface area contributed by atoms with Crippen molar-refractivity contribution in [3.8, 4) is 17.2 Å². The van der Waals surface area contributed by atoms with Gasteiger partial charge in [-0.3, -0.25) is 19.5 Å². The van der Waals surface area contributed by atoms with E-state index >= 15 is 0 Å². The van der Waals surface area contributed by atoms with Crippen LogP contribution in [-0.4, -0.2) is 35.3 Å². The average Bonchev–Trinajstić information content (AvgIpc) is 3.34. The Morgan fingerprint density at radius 2 is 1.90 bits per heavy atom. The fourth-order valence-corrected chi connectivity index (χ4v) is 7.16. The van der Waals surface area contributed by atoms with Gasteiger partial charge >= 0.3 is 11.7 Å². The number of ether oxygens (including phenoxy) is 4. The summed E-state index contributed by atoms with van der Waals surface area (Å²) in [5.74, 6) is 0.317. The van der Waals surface area contributed by atoms with Crippen molar-refractivity contribution >= 4 is 68.2 Å². The molecule has 49 heavy (non-hydrogen) atoms. The van der Waals surface area contributed by atoms with E-state index in [0.717, 1.165) is 11.3 Å². The molecule has 0 unspecified atom stereocenters. The number of methoxy groups -OCH3 is 1. The Hall–Kier alpha value is -4.17. The first-order valence-electron chi connectivity index (χ1n) is 14.9. The molecule has 0 N–H and O–H groups in total. The Balaban J connectivity index is 1.61. The molecule has 5 rings (SSSR count). The van der Waals surface area contributed by atoms with Crippen molar-refractivity contribution < 1.29 is 28.7 Å². The Kier molecular flexibility index (Phi) is 11.2. The van der Waals surface area contributed by atoms with Crippen LogP contribution in [0.15, 0.2) is 74.1 Å². The maximum absolute atomic E-state index is 14.1. The van der Waals surface area contributed by atoms with Gasteiger partial charge in [-0.15, -0.1) is 0 Å². The number of carbonyl (C=O) groups excluding carboxylic acids is 1. The molecule has 15 heteroatoms. The highest BCUT2D eigenvalue weighted by Crippen LogP contribution is 2.39. The molecule has 0 saturated heterocycles. The Bertz CT molecular complexity index is 2180. The van der Waals surface area contributed by atoms with Gasteiger partial charge in [0.15, 0.2) is 16.3 Å². The molecule has 0 radical (unpaired) electrons. The first-order valence-corrected chi connectivity index (χ1v) is 17.3. The molecule has 2 heterocycles. The predicted molar refractivity (Wildman–Crippen MR) is 191 cm³/mol. The molecule has 0 amide bonds. The van der Waals surface area contributed by atoms with Crippen molar-refractivity contribution in [1.29, 1.82) is 0 Å². The number of hydrogen-bond acceptors (Lipinski definition) is 10. The van der Waals surface area contributed by atoms with Crippen molar-refractivity contribution in [1.82, 2.24) is 4.57 Å². The molecule has 256 valence electrons. The van der Waals surface area contributed by atoms with Crippen LogP contribution in [0.2, 0.25) is 10.0 Å². The van der Waals surface area contributed by atoms with Crippen LogP contribution in [0.4, 0.5) is 5.69 Å². The largest absolute Gasteiger partial charge is 0.493 e. The number of nitrogens with zero attached hydrogens (tertiary/aromatic N) is 3. The molecule has 0 saturated carbocycles. The third-order valence-electron chi connectivity index (χ3n) is 7.29. The van der Waals surface area contributed by atoms with Crippen LogP contribution < -0.4 is 29.1 Å². The number of nitro groups is 1. The Morgan fingerprint density at radius 1 is 1.14 bits per heavy atom. The van der Waals surface area contributed by atoms with E-state index in [2.05, 4.69) is 20.9 Å². The summed E-state index contributed by atoms with van der Waals surface area (Å²) in [6.45, 7) is 7.27. The van der Waals surface area contributed by atoms with Crippen LogP contribution in [0.25, 0.3) is 6.08 Å². The normalized spacial score (nSPS) is 14.4. The van der Waals surface area contributed by atoms with Gasteiger partial charge in [-0.2, -0.15) is 0 Å². The lowest BCUT2D eigenvalue weighted by molar-refractivity contribution is -0.386. The van der Waals surface area contributed by atoms with Crippen molar-refractivity contribution in [2.45, 2.75) is 46.4 Å². The van der Waals surface area contributed by atoms with E-state index in [1.807, 2.05) is 13.8 Å². The molecule has 0 fully saturated rings.